The van der Waals surface area contributed by atoms with E-state index in [2.05, 4.69) is 82.9 Å². The number of hydrogen-bond acceptors (Lipinski definition) is 3. The second kappa shape index (κ2) is 8.56. The predicted octanol–water partition coefficient (Wildman–Crippen LogP) is 4.32. The van der Waals surface area contributed by atoms with Crippen molar-refractivity contribution in [1.82, 2.24) is 10.2 Å². The third-order valence-electron chi connectivity index (χ3n) is 3.95. The molecule has 1 aliphatic heterocycles. The molecule has 3 atom stereocenters. The minimum Gasteiger partial charge on any atom is -0.310 e. The summed E-state index contributed by atoms with van der Waals surface area (Å²) in [6, 6.07) is 9.20. The van der Waals surface area contributed by atoms with Crippen molar-refractivity contribution in [2.24, 2.45) is 0 Å². The average molecular weight is 371 g/mol. The van der Waals surface area contributed by atoms with Gasteiger partial charge in [0, 0.05) is 40.6 Å². The van der Waals surface area contributed by atoms with E-state index in [1.165, 1.54) is 31.6 Å². The molecule has 4 heteroatoms. The van der Waals surface area contributed by atoms with E-state index >= 15 is 0 Å². The molecule has 0 aliphatic carbocycles. The molecule has 0 spiro atoms. The third-order valence-corrected chi connectivity index (χ3v) is 5.71. The topological polar surface area (TPSA) is 15.3 Å². The van der Waals surface area contributed by atoms with Gasteiger partial charge in [0.1, 0.15) is 0 Å². The first-order chi connectivity index (χ1) is 10.1. The lowest BCUT2D eigenvalue weighted by Crippen LogP contribution is -2.41. The van der Waals surface area contributed by atoms with Gasteiger partial charge in [-0.2, -0.15) is 11.8 Å². The molecule has 1 aromatic rings. The lowest BCUT2D eigenvalue weighted by atomic mass is 10.0. The van der Waals surface area contributed by atoms with Gasteiger partial charge in [-0.25, -0.2) is 0 Å². The second-order valence-corrected chi connectivity index (χ2v) is 8.76. The van der Waals surface area contributed by atoms with Crippen LogP contribution in [0.3, 0.4) is 0 Å². The maximum atomic E-state index is 3.63. The zero-order valence-electron chi connectivity index (χ0n) is 13.3. The second-order valence-electron chi connectivity index (χ2n) is 5.97. The first kappa shape index (κ1) is 17.3. The van der Waals surface area contributed by atoms with Crippen LogP contribution in [-0.2, 0) is 0 Å². The molecule has 1 aliphatic rings. The first-order valence-electron chi connectivity index (χ1n) is 7.95. The molecule has 2 nitrogen and oxygen atoms in total. The van der Waals surface area contributed by atoms with E-state index in [1.807, 2.05) is 0 Å². The molecule has 21 heavy (non-hydrogen) atoms. The summed E-state index contributed by atoms with van der Waals surface area (Å²) in [7, 11) is 0. The maximum Gasteiger partial charge on any atom is 0.0332 e. The molecule has 0 amide bonds. The molecule has 1 saturated heterocycles. The molecule has 2 rings (SSSR count). The van der Waals surface area contributed by atoms with Gasteiger partial charge in [-0.1, -0.05) is 48.8 Å². The highest BCUT2D eigenvalue weighted by Crippen LogP contribution is 2.26. The van der Waals surface area contributed by atoms with Gasteiger partial charge in [0.2, 0.25) is 0 Å². The number of benzene rings is 1. The number of rotatable bonds is 6. The molecule has 3 unspecified atom stereocenters. The first-order valence-corrected chi connectivity index (χ1v) is 9.68. The Balaban J connectivity index is 1.92. The number of halogens is 1. The van der Waals surface area contributed by atoms with Crippen LogP contribution in [0.1, 0.15) is 38.8 Å². The van der Waals surface area contributed by atoms with Crippen molar-refractivity contribution in [2.45, 2.75) is 43.7 Å². The van der Waals surface area contributed by atoms with Crippen LogP contribution in [-0.4, -0.2) is 41.6 Å². The Morgan fingerprint density at radius 3 is 2.43 bits per heavy atom. The SMILES string of the molecule is CCNC(CCN1CC(C)SC(C)C1)c1ccc(Br)cc1. The Kier molecular flexibility index (Phi) is 7.06. The number of nitrogens with one attached hydrogen (secondary N) is 1. The van der Waals surface area contributed by atoms with Crippen molar-refractivity contribution in [3.8, 4) is 0 Å². The van der Waals surface area contributed by atoms with Crippen LogP contribution in [0.25, 0.3) is 0 Å². The minimum atomic E-state index is 0.461. The van der Waals surface area contributed by atoms with Gasteiger partial charge in [0.25, 0.3) is 0 Å². The Bertz CT molecular complexity index is 413. The Hall–Kier alpha value is -0.0300. The molecule has 0 saturated carbocycles. The zero-order valence-corrected chi connectivity index (χ0v) is 15.7. The summed E-state index contributed by atoms with van der Waals surface area (Å²) in [5, 5.41) is 5.16. The Labute approximate surface area is 142 Å². The highest BCUT2D eigenvalue weighted by molar-refractivity contribution is 9.10. The largest absolute Gasteiger partial charge is 0.310 e. The zero-order chi connectivity index (χ0) is 15.2. The molecule has 1 N–H and O–H groups in total. The third kappa shape index (κ3) is 5.59. The van der Waals surface area contributed by atoms with Gasteiger partial charge in [-0.05, 0) is 30.7 Å². The van der Waals surface area contributed by atoms with Crippen molar-refractivity contribution in [3.63, 3.8) is 0 Å². The maximum absolute atomic E-state index is 3.63. The lowest BCUT2D eigenvalue weighted by Gasteiger charge is -2.35. The summed E-state index contributed by atoms with van der Waals surface area (Å²) < 4.78 is 1.15. The van der Waals surface area contributed by atoms with Crippen LogP contribution < -0.4 is 5.32 Å². The molecule has 1 heterocycles. The van der Waals surface area contributed by atoms with Crippen molar-refractivity contribution in [3.05, 3.63) is 34.3 Å². The molecule has 0 aromatic heterocycles. The summed E-state index contributed by atoms with van der Waals surface area (Å²) in [5.41, 5.74) is 1.40. The normalized spacial score (nSPS) is 25.0. The van der Waals surface area contributed by atoms with Gasteiger partial charge in [-0.15, -0.1) is 0 Å². The lowest BCUT2D eigenvalue weighted by molar-refractivity contribution is 0.254. The summed E-state index contributed by atoms with van der Waals surface area (Å²) in [5.74, 6) is 0. The Morgan fingerprint density at radius 1 is 1.24 bits per heavy atom. The van der Waals surface area contributed by atoms with E-state index in [1.54, 1.807) is 0 Å². The molecule has 118 valence electrons. The molecule has 1 aromatic carbocycles. The molecular weight excluding hydrogens is 344 g/mol. The summed E-state index contributed by atoms with van der Waals surface area (Å²) in [6.07, 6.45) is 1.18. The molecule has 0 bridgehead atoms. The summed E-state index contributed by atoms with van der Waals surface area (Å²) >= 11 is 5.64. The van der Waals surface area contributed by atoms with E-state index in [9.17, 15) is 0 Å². The monoisotopic (exact) mass is 370 g/mol. The van der Waals surface area contributed by atoms with Crippen molar-refractivity contribution in [2.75, 3.05) is 26.2 Å². The quantitative estimate of drug-likeness (QED) is 0.802. The van der Waals surface area contributed by atoms with Crippen LogP contribution >= 0.6 is 27.7 Å². The van der Waals surface area contributed by atoms with Gasteiger partial charge in [0.05, 0.1) is 0 Å². The van der Waals surface area contributed by atoms with Crippen LogP contribution in [0.5, 0.6) is 0 Å². The van der Waals surface area contributed by atoms with Crippen LogP contribution in [0.2, 0.25) is 0 Å². The van der Waals surface area contributed by atoms with Gasteiger partial charge in [0.15, 0.2) is 0 Å². The highest BCUT2D eigenvalue weighted by atomic mass is 79.9. The fourth-order valence-corrected chi connectivity index (χ4v) is 4.76. The van der Waals surface area contributed by atoms with Gasteiger partial charge >= 0.3 is 0 Å². The van der Waals surface area contributed by atoms with E-state index < -0.39 is 0 Å². The van der Waals surface area contributed by atoms with Gasteiger partial charge in [-0.3, -0.25) is 0 Å². The van der Waals surface area contributed by atoms with Gasteiger partial charge < -0.3 is 10.2 Å². The van der Waals surface area contributed by atoms with E-state index in [-0.39, 0.29) is 0 Å². The number of thioether (sulfide) groups is 1. The van der Waals surface area contributed by atoms with Crippen molar-refractivity contribution < 1.29 is 0 Å². The molecular formula is C17H27BrN2S. The minimum absolute atomic E-state index is 0.461. The number of nitrogens with zero attached hydrogens (tertiary/aromatic N) is 1. The van der Waals surface area contributed by atoms with E-state index in [4.69, 9.17) is 0 Å². The Morgan fingerprint density at radius 2 is 1.86 bits per heavy atom. The van der Waals surface area contributed by atoms with Crippen molar-refractivity contribution >= 4 is 27.7 Å². The number of hydrogen-bond donors (Lipinski definition) is 1. The van der Waals surface area contributed by atoms with Crippen LogP contribution in [0.4, 0.5) is 0 Å². The van der Waals surface area contributed by atoms with E-state index in [0.29, 0.717) is 6.04 Å². The van der Waals surface area contributed by atoms with Crippen LogP contribution in [0, 0.1) is 0 Å². The smallest absolute Gasteiger partial charge is 0.0332 e. The molecule has 1 fully saturated rings. The highest BCUT2D eigenvalue weighted by Gasteiger charge is 2.22. The van der Waals surface area contributed by atoms with Crippen LogP contribution in [0.15, 0.2) is 28.7 Å². The molecule has 0 radical (unpaired) electrons. The summed E-state index contributed by atoms with van der Waals surface area (Å²) in [6.45, 7) is 11.6. The van der Waals surface area contributed by atoms with Crippen molar-refractivity contribution in [1.29, 1.82) is 0 Å². The fourth-order valence-electron chi connectivity index (χ4n) is 3.11. The fraction of sp³-hybridized carbons (Fsp3) is 0.647. The predicted molar refractivity (Wildman–Crippen MR) is 98.1 cm³/mol. The summed E-state index contributed by atoms with van der Waals surface area (Å²) in [4.78, 5) is 2.63. The average Bonchev–Trinajstić information content (AvgIpc) is 2.43. The standard InChI is InChI=1S/C17H27BrN2S/c1-4-19-17(15-5-7-16(18)8-6-15)9-10-20-11-13(2)21-14(3)12-20/h5-8,13-14,17,19H,4,9-12H2,1-3H3. The van der Waals surface area contributed by atoms with E-state index in [0.717, 1.165) is 21.5 Å².